The smallest absolute Gasteiger partial charge is 0.322 e. The maximum absolute atomic E-state index is 14.5. The molecule has 1 fully saturated rings. The van der Waals surface area contributed by atoms with Crippen molar-refractivity contribution in [3.8, 4) is 0 Å². The van der Waals surface area contributed by atoms with Gasteiger partial charge in [-0.05, 0) is 31.4 Å². The maximum Gasteiger partial charge on any atom is 0.322 e. The van der Waals surface area contributed by atoms with E-state index >= 15 is 0 Å². The van der Waals surface area contributed by atoms with Crippen LogP contribution in [0.3, 0.4) is 0 Å². The number of fused-ring (bicyclic) bond motifs is 2. The zero-order valence-electron chi connectivity index (χ0n) is 14.2. The molecule has 1 N–H and O–H groups in total. The van der Waals surface area contributed by atoms with Gasteiger partial charge in [0.05, 0.1) is 5.69 Å². The molecule has 0 atom stereocenters. The van der Waals surface area contributed by atoms with E-state index in [1.165, 1.54) is 6.07 Å². The highest BCUT2D eigenvalue weighted by molar-refractivity contribution is 5.95. The van der Waals surface area contributed by atoms with Gasteiger partial charge in [0.15, 0.2) is 5.82 Å². The predicted octanol–water partition coefficient (Wildman–Crippen LogP) is 3.10. The third-order valence-electron chi connectivity index (χ3n) is 5.28. The van der Waals surface area contributed by atoms with Gasteiger partial charge in [-0.3, -0.25) is 4.90 Å². The number of amides is 2. The van der Waals surface area contributed by atoms with E-state index in [2.05, 4.69) is 15.5 Å². The van der Waals surface area contributed by atoms with Crippen molar-refractivity contribution < 1.29 is 13.7 Å². The van der Waals surface area contributed by atoms with E-state index in [1.54, 1.807) is 17.9 Å². The third kappa shape index (κ3) is 2.77. The van der Waals surface area contributed by atoms with Crippen LogP contribution < -0.4 is 10.2 Å². The zero-order valence-corrected chi connectivity index (χ0v) is 14.2. The van der Waals surface area contributed by atoms with Crippen LogP contribution in [0.15, 0.2) is 22.7 Å². The van der Waals surface area contributed by atoms with Crippen molar-refractivity contribution in [2.24, 2.45) is 0 Å². The number of urea groups is 1. The molecule has 6 nitrogen and oxygen atoms in total. The summed E-state index contributed by atoms with van der Waals surface area (Å²) < 4.78 is 19.5. The minimum Gasteiger partial charge on any atom is -0.339 e. The van der Waals surface area contributed by atoms with Gasteiger partial charge in [-0.25, -0.2) is 9.18 Å². The Balaban J connectivity index is 1.49. The number of carbonyl (C=O) groups is 1. The van der Waals surface area contributed by atoms with E-state index in [0.717, 1.165) is 31.2 Å². The maximum atomic E-state index is 14.5. The monoisotopic (exact) mass is 344 g/mol. The molecule has 1 aromatic heterocycles. The summed E-state index contributed by atoms with van der Waals surface area (Å²) in [6.07, 6.45) is 4.72. The van der Waals surface area contributed by atoms with Crippen molar-refractivity contribution in [1.29, 1.82) is 0 Å². The molecule has 0 radical (unpaired) electrons. The highest BCUT2D eigenvalue weighted by Crippen LogP contribution is 2.51. The fourth-order valence-corrected chi connectivity index (χ4v) is 4.15. The van der Waals surface area contributed by atoms with E-state index in [-0.39, 0.29) is 17.3 Å². The van der Waals surface area contributed by atoms with Gasteiger partial charge in [-0.15, -0.1) is 0 Å². The fourth-order valence-electron chi connectivity index (χ4n) is 4.15. The van der Waals surface area contributed by atoms with Crippen molar-refractivity contribution in [3.05, 3.63) is 41.3 Å². The number of hydrogen-bond acceptors (Lipinski definition) is 4. The van der Waals surface area contributed by atoms with Crippen LogP contribution in [0.1, 0.15) is 43.0 Å². The molecular weight excluding hydrogens is 323 g/mol. The van der Waals surface area contributed by atoms with Crippen molar-refractivity contribution in [2.75, 3.05) is 18.0 Å². The Morgan fingerprint density at radius 3 is 2.92 bits per heavy atom. The number of carbonyl (C=O) groups excluding carboxylic acids is 1. The van der Waals surface area contributed by atoms with E-state index in [4.69, 9.17) is 4.52 Å². The van der Waals surface area contributed by atoms with Crippen LogP contribution in [0.2, 0.25) is 0 Å². The Hall–Kier alpha value is -2.44. The Labute approximate surface area is 145 Å². The molecule has 2 amide bonds. The lowest BCUT2D eigenvalue weighted by atomic mass is 9.81. The Bertz CT molecular complexity index is 798. The van der Waals surface area contributed by atoms with E-state index in [9.17, 15) is 9.18 Å². The normalized spacial score (nSPS) is 17.9. The second-order valence-electron chi connectivity index (χ2n) is 6.93. The van der Waals surface area contributed by atoms with Crippen molar-refractivity contribution in [1.82, 2.24) is 15.5 Å². The van der Waals surface area contributed by atoms with Crippen molar-refractivity contribution >= 4 is 11.7 Å². The predicted molar refractivity (Wildman–Crippen MR) is 90.0 cm³/mol. The number of benzene rings is 1. The number of rotatable bonds is 3. The van der Waals surface area contributed by atoms with Gasteiger partial charge in [0.25, 0.3) is 0 Å². The van der Waals surface area contributed by atoms with E-state index in [0.29, 0.717) is 36.9 Å². The Morgan fingerprint density at radius 1 is 1.40 bits per heavy atom. The highest BCUT2D eigenvalue weighted by Gasteiger charge is 2.47. The summed E-state index contributed by atoms with van der Waals surface area (Å²) in [4.78, 5) is 18.4. The summed E-state index contributed by atoms with van der Waals surface area (Å²) in [5.41, 5.74) is 1.33. The van der Waals surface area contributed by atoms with Crippen LogP contribution in [0, 0.1) is 12.7 Å². The van der Waals surface area contributed by atoms with Crippen LogP contribution in [0.5, 0.6) is 0 Å². The first kappa shape index (κ1) is 16.1. The van der Waals surface area contributed by atoms with Crippen LogP contribution in [0.4, 0.5) is 14.9 Å². The standard InChI is InChI=1S/C18H21FN4O2/c1-12-21-15(25-22-12)7-10-20-17(24)23-11-18(8-2-3-9-18)13-5-4-6-14(19)16(13)23/h4-6H,2-3,7-11H2,1H3,(H,20,24). The minimum absolute atomic E-state index is 0.0849. The van der Waals surface area contributed by atoms with Gasteiger partial charge in [-0.2, -0.15) is 4.98 Å². The molecule has 2 aromatic rings. The average molecular weight is 344 g/mol. The van der Waals surface area contributed by atoms with Crippen molar-refractivity contribution in [2.45, 2.75) is 44.4 Å². The highest BCUT2D eigenvalue weighted by atomic mass is 19.1. The largest absolute Gasteiger partial charge is 0.339 e. The number of hydrogen-bond donors (Lipinski definition) is 1. The molecule has 2 heterocycles. The lowest BCUT2D eigenvalue weighted by Gasteiger charge is -2.24. The van der Waals surface area contributed by atoms with Gasteiger partial charge in [-0.1, -0.05) is 30.1 Å². The molecular formula is C18H21FN4O2. The van der Waals surface area contributed by atoms with Crippen LogP contribution in [-0.2, 0) is 11.8 Å². The number of para-hydroxylation sites is 1. The van der Waals surface area contributed by atoms with Gasteiger partial charge in [0, 0.05) is 24.9 Å². The Morgan fingerprint density at radius 2 is 2.20 bits per heavy atom. The molecule has 1 aliphatic carbocycles. The number of nitrogens with zero attached hydrogens (tertiary/aromatic N) is 3. The quantitative estimate of drug-likeness (QED) is 0.929. The minimum atomic E-state index is -0.330. The molecule has 2 aliphatic rings. The summed E-state index contributed by atoms with van der Waals surface area (Å²) in [5.74, 6) is 0.724. The number of anilines is 1. The molecule has 1 saturated carbocycles. The third-order valence-corrected chi connectivity index (χ3v) is 5.28. The number of nitrogens with one attached hydrogen (secondary N) is 1. The SMILES string of the molecule is Cc1noc(CCNC(=O)N2CC3(CCCC3)c3cccc(F)c32)n1. The van der Waals surface area contributed by atoms with Gasteiger partial charge in [0.1, 0.15) is 5.82 Å². The van der Waals surface area contributed by atoms with Crippen LogP contribution in [0.25, 0.3) is 0 Å². The molecule has 0 bridgehead atoms. The topological polar surface area (TPSA) is 71.3 Å². The number of halogens is 1. The van der Waals surface area contributed by atoms with Crippen LogP contribution >= 0.6 is 0 Å². The summed E-state index contributed by atoms with van der Waals surface area (Å²) in [7, 11) is 0. The molecule has 0 unspecified atom stereocenters. The summed E-state index contributed by atoms with van der Waals surface area (Å²) in [6, 6.07) is 4.87. The Kier molecular flexibility index (Phi) is 3.94. The number of aryl methyl sites for hydroxylation is 1. The van der Waals surface area contributed by atoms with Crippen LogP contribution in [-0.4, -0.2) is 29.3 Å². The average Bonchev–Trinajstić information content (AvgIpc) is 3.30. The lowest BCUT2D eigenvalue weighted by Crippen LogP contribution is -2.43. The summed E-state index contributed by atoms with van der Waals surface area (Å²) >= 11 is 0. The fraction of sp³-hybridized carbons (Fsp3) is 0.500. The van der Waals surface area contributed by atoms with E-state index < -0.39 is 0 Å². The molecule has 132 valence electrons. The molecule has 0 saturated heterocycles. The summed E-state index contributed by atoms with van der Waals surface area (Å²) in [5, 5.41) is 6.57. The second-order valence-corrected chi connectivity index (χ2v) is 6.93. The molecule has 1 spiro atoms. The van der Waals surface area contributed by atoms with E-state index in [1.807, 2.05) is 6.07 Å². The molecule has 4 rings (SSSR count). The molecule has 7 heteroatoms. The van der Waals surface area contributed by atoms with Gasteiger partial charge >= 0.3 is 6.03 Å². The first-order valence-corrected chi connectivity index (χ1v) is 8.73. The first-order chi connectivity index (χ1) is 12.1. The molecule has 1 aromatic carbocycles. The van der Waals surface area contributed by atoms with Gasteiger partial charge < -0.3 is 9.84 Å². The zero-order chi connectivity index (χ0) is 17.4. The summed E-state index contributed by atoms with van der Waals surface area (Å²) in [6.45, 7) is 2.67. The second kappa shape index (κ2) is 6.13. The molecule has 25 heavy (non-hydrogen) atoms. The lowest BCUT2D eigenvalue weighted by molar-refractivity contribution is 0.245. The molecule has 1 aliphatic heterocycles. The first-order valence-electron chi connectivity index (χ1n) is 8.73. The van der Waals surface area contributed by atoms with Gasteiger partial charge in [0.2, 0.25) is 5.89 Å². The van der Waals surface area contributed by atoms with Crippen molar-refractivity contribution in [3.63, 3.8) is 0 Å². The number of aromatic nitrogens is 2.